The summed E-state index contributed by atoms with van der Waals surface area (Å²) in [6, 6.07) is 6.78. The van der Waals surface area contributed by atoms with E-state index in [4.69, 9.17) is 9.84 Å². The van der Waals surface area contributed by atoms with Crippen molar-refractivity contribution >= 4 is 23.7 Å². The molecule has 0 spiro atoms. The van der Waals surface area contributed by atoms with E-state index < -0.39 is 17.5 Å². The summed E-state index contributed by atoms with van der Waals surface area (Å²) in [6.07, 6.45) is 0.877. The van der Waals surface area contributed by atoms with E-state index in [1.54, 1.807) is 32.9 Å². The van der Waals surface area contributed by atoms with Gasteiger partial charge in [-0.25, -0.2) is 4.79 Å². The van der Waals surface area contributed by atoms with Crippen LogP contribution < -0.4 is 10.6 Å². The highest BCUT2D eigenvalue weighted by atomic mass is 16.5. The van der Waals surface area contributed by atoms with E-state index >= 15 is 0 Å². The second-order valence-electron chi connectivity index (χ2n) is 6.68. The van der Waals surface area contributed by atoms with E-state index in [2.05, 4.69) is 10.6 Å². The highest BCUT2D eigenvalue weighted by Gasteiger charge is 2.21. The number of urea groups is 1. The summed E-state index contributed by atoms with van der Waals surface area (Å²) >= 11 is 0. The van der Waals surface area contributed by atoms with Crippen LogP contribution in [0.3, 0.4) is 0 Å². The quantitative estimate of drug-likeness (QED) is 0.625. The van der Waals surface area contributed by atoms with Crippen LogP contribution in [0.4, 0.5) is 10.5 Å². The summed E-state index contributed by atoms with van der Waals surface area (Å²) in [6.45, 7) is 5.34. The zero-order valence-corrected chi connectivity index (χ0v) is 15.1. The molecule has 0 aliphatic carbocycles. The minimum atomic E-state index is -0.896. The van der Waals surface area contributed by atoms with Crippen LogP contribution in [0.25, 0.3) is 0 Å². The van der Waals surface area contributed by atoms with Gasteiger partial charge in [0.1, 0.15) is 0 Å². The number of methoxy groups -OCH3 is 1. The maximum atomic E-state index is 12.0. The van der Waals surface area contributed by atoms with Crippen molar-refractivity contribution in [3.63, 3.8) is 0 Å². The van der Waals surface area contributed by atoms with Crippen molar-refractivity contribution in [2.75, 3.05) is 12.4 Å². The Morgan fingerprint density at radius 1 is 1.20 bits per heavy atom. The van der Waals surface area contributed by atoms with Crippen molar-refractivity contribution in [3.8, 4) is 0 Å². The molecular weight excluding hydrogens is 324 g/mol. The number of carbonyl (C=O) groups excluding carboxylic acids is 2. The SMILES string of the molecule is COC(=O)C(C)Cc1ccc(NC(=O)NC(C)(C)CCC(=O)O)cc1. The van der Waals surface area contributed by atoms with Gasteiger partial charge in [-0.05, 0) is 44.4 Å². The molecule has 0 aromatic heterocycles. The number of carboxylic acids is 1. The number of anilines is 1. The molecule has 0 bridgehead atoms. The minimum Gasteiger partial charge on any atom is -0.481 e. The first-order chi connectivity index (χ1) is 11.6. The Bertz CT molecular complexity index is 610. The van der Waals surface area contributed by atoms with Gasteiger partial charge in [-0.3, -0.25) is 9.59 Å². The van der Waals surface area contributed by atoms with E-state index in [-0.39, 0.29) is 18.3 Å². The summed E-state index contributed by atoms with van der Waals surface area (Å²) < 4.78 is 4.70. The molecule has 1 aromatic carbocycles. The van der Waals surface area contributed by atoms with Crippen LogP contribution in [0.5, 0.6) is 0 Å². The average Bonchev–Trinajstić information content (AvgIpc) is 2.53. The van der Waals surface area contributed by atoms with Crippen LogP contribution in [-0.4, -0.2) is 35.7 Å². The fraction of sp³-hybridized carbons (Fsp3) is 0.500. The Balaban J connectivity index is 2.55. The van der Waals surface area contributed by atoms with Gasteiger partial charge >= 0.3 is 18.0 Å². The van der Waals surface area contributed by atoms with Crippen molar-refractivity contribution in [2.45, 2.75) is 45.6 Å². The first kappa shape index (κ1) is 20.5. The number of rotatable bonds is 8. The summed E-state index contributed by atoms with van der Waals surface area (Å²) in [7, 11) is 1.36. The molecular formula is C18H26N2O5. The first-order valence-electron chi connectivity index (χ1n) is 8.10. The molecule has 0 aliphatic heterocycles. The number of benzene rings is 1. The number of esters is 1. The molecule has 0 heterocycles. The van der Waals surface area contributed by atoms with Crippen LogP contribution in [0, 0.1) is 5.92 Å². The zero-order valence-electron chi connectivity index (χ0n) is 15.1. The number of nitrogens with one attached hydrogen (secondary N) is 2. The fourth-order valence-corrected chi connectivity index (χ4v) is 2.31. The third-order valence-electron chi connectivity index (χ3n) is 3.77. The maximum Gasteiger partial charge on any atom is 0.319 e. The number of carboxylic acid groups (broad SMARTS) is 1. The molecule has 3 N–H and O–H groups in total. The Hall–Kier alpha value is -2.57. The smallest absolute Gasteiger partial charge is 0.319 e. The molecule has 0 saturated carbocycles. The van der Waals surface area contributed by atoms with E-state index in [0.29, 0.717) is 18.5 Å². The number of carbonyl (C=O) groups is 3. The summed E-state index contributed by atoms with van der Waals surface area (Å²) in [5.41, 5.74) is 0.949. The zero-order chi connectivity index (χ0) is 19.0. The molecule has 0 fully saturated rings. The number of ether oxygens (including phenoxy) is 1. The van der Waals surface area contributed by atoms with Crippen LogP contribution in [0.1, 0.15) is 39.2 Å². The molecule has 0 radical (unpaired) electrons. The lowest BCUT2D eigenvalue weighted by Crippen LogP contribution is -2.45. The van der Waals surface area contributed by atoms with Gasteiger partial charge in [-0.1, -0.05) is 19.1 Å². The van der Waals surface area contributed by atoms with Crippen LogP contribution in [0.2, 0.25) is 0 Å². The lowest BCUT2D eigenvalue weighted by molar-refractivity contribution is -0.144. The van der Waals surface area contributed by atoms with Crippen molar-refractivity contribution in [1.82, 2.24) is 5.32 Å². The average molecular weight is 350 g/mol. The van der Waals surface area contributed by atoms with Gasteiger partial charge in [0.2, 0.25) is 0 Å². The molecule has 1 atom stereocenters. The van der Waals surface area contributed by atoms with Crippen LogP contribution >= 0.6 is 0 Å². The van der Waals surface area contributed by atoms with Gasteiger partial charge in [0.25, 0.3) is 0 Å². The predicted octanol–water partition coefficient (Wildman–Crippen LogP) is 2.80. The van der Waals surface area contributed by atoms with Gasteiger partial charge in [-0.15, -0.1) is 0 Å². The maximum absolute atomic E-state index is 12.0. The van der Waals surface area contributed by atoms with Gasteiger partial charge < -0.3 is 20.5 Å². The molecule has 0 aliphatic rings. The summed E-state index contributed by atoms with van der Waals surface area (Å²) in [5, 5.41) is 14.2. The van der Waals surface area contributed by atoms with Crippen molar-refractivity contribution < 1.29 is 24.2 Å². The topological polar surface area (TPSA) is 105 Å². The normalized spacial score (nSPS) is 12.2. The van der Waals surface area contributed by atoms with Gasteiger partial charge in [0, 0.05) is 17.6 Å². The summed E-state index contributed by atoms with van der Waals surface area (Å²) in [5.74, 6) is -1.39. The Labute approximate surface area is 147 Å². The largest absolute Gasteiger partial charge is 0.481 e. The van der Waals surface area contributed by atoms with Crippen LogP contribution in [-0.2, 0) is 20.7 Å². The Morgan fingerprint density at radius 3 is 2.32 bits per heavy atom. The molecule has 2 amide bonds. The molecule has 1 aromatic rings. The lowest BCUT2D eigenvalue weighted by atomic mass is 9.99. The van der Waals surface area contributed by atoms with Crippen LogP contribution in [0.15, 0.2) is 24.3 Å². The second kappa shape index (κ2) is 9.05. The standard InChI is InChI=1S/C18H26N2O5/c1-12(16(23)25-4)11-13-5-7-14(8-6-13)19-17(24)20-18(2,3)10-9-15(21)22/h5-8,12H,9-11H2,1-4H3,(H,21,22)(H2,19,20,24). The number of aliphatic carboxylic acids is 1. The monoisotopic (exact) mass is 350 g/mol. The highest BCUT2D eigenvalue weighted by Crippen LogP contribution is 2.15. The van der Waals surface area contributed by atoms with Gasteiger partial charge in [0.05, 0.1) is 13.0 Å². The molecule has 1 unspecified atom stereocenters. The number of amides is 2. The second-order valence-corrected chi connectivity index (χ2v) is 6.68. The minimum absolute atomic E-state index is 0.0135. The van der Waals surface area contributed by atoms with Gasteiger partial charge in [0.15, 0.2) is 0 Å². The highest BCUT2D eigenvalue weighted by molar-refractivity contribution is 5.89. The third kappa shape index (κ3) is 7.69. The lowest BCUT2D eigenvalue weighted by Gasteiger charge is -2.25. The van der Waals surface area contributed by atoms with Crippen molar-refractivity contribution in [2.24, 2.45) is 5.92 Å². The molecule has 7 heteroatoms. The Kier molecular flexibility index (Phi) is 7.42. The first-order valence-corrected chi connectivity index (χ1v) is 8.10. The Morgan fingerprint density at radius 2 is 1.80 bits per heavy atom. The van der Waals surface area contributed by atoms with Crippen molar-refractivity contribution in [3.05, 3.63) is 29.8 Å². The van der Waals surface area contributed by atoms with E-state index in [1.807, 2.05) is 12.1 Å². The van der Waals surface area contributed by atoms with E-state index in [9.17, 15) is 14.4 Å². The van der Waals surface area contributed by atoms with Gasteiger partial charge in [-0.2, -0.15) is 0 Å². The molecule has 0 saturated heterocycles. The number of hydrogen-bond donors (Lipinski definition) is 3. The molecule has 138 valence electrons. The fourth-order valence-electron chi connectivity index (χ4n) is 2.31. The number of hydrogen-bond acceptors (Lipinski definition) is 4. The predicted molar refractivity (Wildman–Crippen MR) is 94.4 cm³/mol. The van der Waals surface area contributed by atoms with E-state index in [0.717, 1.165) is 5.56 Å². The van der Waals surface area contributed by atoms with Crippen molar-refractivity contribution in [1.29, 1.82) is 0 Å². The molecule has 7 nitrogen and oxygen atoms in total. The van der Waals surface area contributed by atoms with E-state index in [1.165, 1.54) is 7.11 Å². The summed E-state index contributed by atoms with van der Waals surface area (Å²) in [4.78, 5) is 34.1. The molecule has 25 heavy (non-hydrogen) atoms. The third-order valence-corrected chi connectivity index (χ3v) is 3.77. The molecule has 1 rings (SSSR count).